The van der Waals surface area contributed by atoms with Crippen LogP contribution in [0.4, 0.5) is 4.79 Å². The Morgan fingerprint density at radius 1 is 1.35 bits per heavy atom. The summed E-state index contributed by atoms with van der Waals surface area (Å²) < 4.78 is 11.3. The number of carbonyl (C=O) groups excluding carboxylic acids is 1. The van der Waals surface area contributed by atoms with E-state index in [9.17, 15) is 4.79 Å². The number of benzene rings is 1. The highest BCUT2D eigenvalue weighted by Gasteiger charge is 2.32. The smallest absolute Gasteiger partial charge is 0.317 e. The average molecular weight is 320 g/mol. The van der Waals surface area contributed by atoms with Gasteiger partial charge in [-0.1, -0.05) is 31.2 Å². The van der Waals surface area contributed by atoms with Crippen LogP contribution in [0.3, 0.4) is 0 Å². The summed E-state index contributed by atoms with van der Waals surface area (Å²) >= 11 is 0. The Labute approximate surface area is 139 Å². The molecule has 2 rings (SSSR count). The minimum absolute atomic E-state index is 0.0285. The van der Waals surface area contributed by atoms with E-state index in [2.05, 4.69) is 19.2 Å². The topological polar surface area (TPSA) is 50.8 Å². The molecule has 0 aromatic heterocycles. The van der Waals surface area contributed by atoms with E-state index in [1.807, 2.05) is 36.1 Å². The number of hydrogen-bond acceptors (Lipinski definition) is 3. The number of morpholine rings is 1. The van der Waals surface area contributed by atoms with Crippen LogP contribution < -0.4 is 5.32 Å². The van der Waals surface area contributed by atoms with Crippen LogP contribution in [0.25, 0.3) is 0 Å². The molecule has 5 nitrogen and oxygen atoms in total. The van der Waals surface area contributed by atoms with Crippen molar-refractivity contribution in [1.82, 2.24) is 10.2 Å². The van der Waals surface area contributed by atoms with E-state index in [-0.39, 0.29) is 11.6 Å². The van der Waals surface area contributed by atoms with Gasteiger partial charge in [0.25, 0.3) is 0 Å². The van der Waals surface area contributed by atoms with Crippen molar-refractivity contribution in [3.05, 3.63) is 35.4 Å². The first-order valence-electron chi connectivity index (χ1n) is 8.39. The fraction of sp³-hybridized carbons (Fsp3) is 0.611. The Morgan fingerprint density at radius 3 is 2.78 bits per heavy atom. The molecule has 0 saturated carbocycles. The zero-order valence-electron chi connectivity index (χ0n) is 14.4. The van der Waals surface area contributed by atoms with E-state index >= 15 is 0 Å². The van der Waals surface area contributed by atoms with Crippen LogP contribution in [0.1, 0.15) is 38.3 Å². The third-order valence-corrected chi connectivity index (χ3v) is 4.38. The summed E-state index contributed by atoms with van der Waals surface area (Å²) in [6.07, 6.45) is 0.897. The van der Waals surface area contributed by atoms with Crippen molar-refractivity contribution in [2.75, 3.05) is 26.3 Å². The summed E-state index contributed by atoms with van der Waals surface area (Å²) in [6.45, 7) is 9.78. The third-order valence-electron chi connectivity index (χ3n) is 4.38. The fourth-order valence-electron chi connectivity index (χ4n) is 2.68. The summed E-state index contributed by atoms with van der Waals surface area (Å²) in [6, 6.07) is 8.03. The van der Waals surface area contributed by atoms with E-state index in [1.165, 1.54) is 0 Å². The largest absolute Gasteiger partial charge is 0.377 e. The molecule has 1 saturated heterocycles. The van der Waals surface area contributed by atoms with Crippen LogP contribution in [0.5, 0.6) is 0 Å². The molecule has 0 bridgehead atoms. The van der Waals surface area contributed by atoms with Crippen molar-refractivity contribution in [3.8, 4) is 0 Å². The predicted molar refractivity (Wildman–Crippen MR) is 90.2 cm³/mol. The summed E-state index contributed by atoms with van der Waals surface area (Å²) in [5.74, 6) is 0. The van der Waals surface area contributed by atoms with Crippen LogP contribution in [-0.4, -0.2) is 42.8 Å². The van der Waals surface area contributed by atoms with Crippen molar-refractivity contribution in [3.63, 3.8) is 0 Å². The normalized spacial score (nSPS) is 21.3. The molecule has 1 aliphatic rings. The standard InChI is InChI=1S/C18H28N2O3/c1-4-18(3)14-20(10-11-23-18)17(21)19-12-15-8-6-7-9-16(15)13-22-5-2/h6-9H,4-5,10-14H2,1-3H3,(H,19,21). The Kier molecular flexibility index (Phi) is 6.42. The minimum atomic E-state index is -0.234. The first-order valence-corrected chi connectivity index (χ1v) is 8.39. The highest BCUT2D eigenvalue weighted by Crippen LogP contribution is 2.21. The molecular formula is C18H28N2O3. The lowest BCUT2D eigenvalue weighted by Gasteiger charge is -2.39. The van der Waals surface area contributed by atoms with Gasteiger partial charge in [-0.2, -0.15) is 0 Å². The maximum Gasteiger partial charge on any atom is 0.317 e. The molecular weight excluding hydrogens is 292 g/mol. The maximum absolute atomic E-state index is 12.4. The van der Waals surface area contributed by atoms with Gasteiger partial charge in [0.05, 0.1) is 25.4 Å². The van der Waals surface area contributed by atoms with Crippen LogP contribution in [0, 0.1) is 0 Å². The number of urea groups is 1. The van der Waals surface area contributed by atoms with Gasteiger partial charge in [-0.3, -0.25) is 0 Å². The van der Waals surface area contributed by atoms with Gasteiger partial charge in [0, 0.05) is 19.7 Å². The molecule has 5 heteroatoms. The van der Waals surface area contributed by atoms with Crippen LogP contribution in [-0.2, 0) is 22.6 Å². The molecule has 1 atom stereocenters. The van der Waals surface area contributed by atoms with Gasteiger partial charge in [0.15, 0.2) is 0 Å². The Balaban J connectivity index is 1.91. The van der Waals surface area contributed by atoms with E-state index < -0.39 is 0 Å². The second-order valence-electron chi connectivity index (χ2n) is 6.14. The minimum Gasteiger partial charge on any atom is -0.377 e. The second kappa shape index (κ2) is 8.31. The fourth-order valence-corrected chi connectivity index (χ4v) is 2.68. The Morgan fingerprint density at radius 2 is 2.09 bits per heavy atom. The number of nitrogens with zero attached hydrogens (tertiary/aromatic N) is 1. The first kappa shape index (κ1) is 17.8. The van der Waals surface area contributed by atoms with E-state index in [0.29, 0.717) is 39.5 Å². The number of ether oxygens (including phenoxy) is 2. The molecule has 0 radical (unpaired) electrons. The first-order chi connectivity index (χ1) is 11.1. The number of carbonyl (C=O) groups is 1. The van der Waals surface area contributed by atoms with Crippen LogP contribution in [0.2, 0.25) is 0 Å². The van der Waals surface area contributed by atoms with Crippen molar-refractivity contribution < 1.29 is 14.3 Å². The lowest BCUT2D eigenvalue weighted by Crippen LogP contribution is -2.54. The third kappa shape index (κ3) is 4.94. The van der Waals surface area contributed by atoms with Crippen molar-refractivity contribution in [1.29, 1.82) is 0 Å². The van der Waals surface area contributed by atoms with Gasteiger partial charge in [0.2, 0.25) is 0 Å². The summed E-state index contributed by atoms with van der Waals surface area (Å²) in [5, 5.41) is 3.02. The van der Waals surface area contributed by atoms with E-state index in [1.54, 1.807) is 0 Å². The monoisotopic (exact) mass is 320 g/mol. The van der Waals surface area contributed by atoms with Crippen molar-refractivity contribution in [2.24, 2.45) is 0 Å². The highest BCUT2D eigenvalue weighted by atomic mass is 16.5. The van der Waals surface area contributed by atoms with Gasteiger partial charge < -0.3 is 19.7 Å². The number of nitrogens with one attached hydrogen (secondary N) is 1. The van der Waals surface area contributed by atoms with Crippen LogP contribution >= 0.6 is 0 Å². The molecule has 1 heterocycles. The maximum atomic E-state index is 12.4. The lowest BCUT2D eigenvalue weighted by molar-refractivity contribution is -0.0872. The molecule has 0 aliphatic carbocycles. The van der Waals surface area contributed by atoms with Crippen molar-refractivity contribution in [2.45, 2.75) is 45.9 Å². The number of rotatable bonds is 6. The quantitative estimate of drug-likeness (QED) is 0.877. The molecule has 1 aromatic rings. The van der Waals surface area contributed by atoms with Crippen molar-refractivity contribution >= 4 is 6.03 Å². The zero-order valence-corrected chi connectivity index (χ0v) is 14.4. The number of amides is 2. The van der Waals surface area contributed by atoms with Gasteiger partial charge in [-0.15, -0.1) is 0 Å². The van der Waals surface area contributed by atoms with E-state index in [0.717, 1.165) is 17.5 Å². The predicted octanol–water partition coefficient (Wildman–Crippen LogP) is 2.93. The molecule has 1 aliphatic heterocycles. The molecule has 23 heavy (non-hydrogen) atoms. The van der Waals surface area contributed by atoms with E-state index in [4.69, 9.17) is 9.47 Å². The Bertz CT molecular complexity index is 521. The second-order valence-corrected chi connectivity index (χ2v) is 6.14. The molecule has 1 fully saturated rings. The number of hydrogen-bond donors (Lipinski definition) is 1. The zero-order chi connectivity index (χ0) is 16.7. The molecule has 1 aromatic carbocycles. The lowest BCUT2D eigenvalue weighted by atomic mass is 10.0. The molecule has 1 N–H and O–H groups in total. The Hall–Kier alpha value is -1.59. The molecule has 2 amide bonds. The molecule has 1 unspecified atom stereocenters. The summed E-state index contributed by atoms with van der Waals surface area (Å²) in [5.41, 5.74) is 1.98. The molecule has 128 valence electrons. The highest BCUT2D eigenvalue weighted by molar-refractivity contribution is 5.74. The van der Waals surface area contributed by atoms with Crippen LogP contribution in [0.15, 0.2) is 24.3 Å². The van der Waals surface area contributed by atoms with Gasteiger partial charge >= 0.3 is 6.03 Å². The molecule has 0 spiro atoms. The SMILES string of the molecule is CCOCc1ccccc1CNC(=O)N1CCOC(C)(CC)C1. The average Bonchev–Trinajstić information content (AvgIpc) is 2.58. The van der Waals surface area contributed by atoms with Gasteiger partial charge in [-0.25, -0.2) is 4.79 Å². The summed E-state index contributed by atoms with van der Waals surface area (Å²) in [4.78, 5) is 14.3. The summed E-state index contributed by atoms with van der Waals surface area (Å²) in [7, 11) is 0. The van der Waals surface area contributed by atoms with Gasteiger partial charge in [0.1, 0.15) is 0 Å². The van der Waals surface area contributed by atoms with Gasteiger partial charge in [-0.05, 0) is 31.4 Å².